The first-order chi connectivity index (χ1) is 7.75. The van der Waals surface area contributed by atoms with Crippen molar-refractivity contribution in [2.75, 3.05) is 38.1 Å². The van der Waals surface area contributed by atoms with Gasteiger partial charge in [-0.3, -0.25) is 0 Å². The summed E-state index contributed by atoms with van der Waals surface area (Å²) in [4.78, 5) is 12.9. The van der Waals surface area contributed by atoms with Gasteiger partial charge in [-0.05, 0) is 25.9 Å². The van der Waals surface area contributed by atoms with E-state index in [0.717, 1.165) is 19.0 Å². The van der Waals surface area contributed by atoms with E-state index in [9.17, 15) is 0 Å². The van der Waals surface area contributed by atoms with Crippen molar-refractivity contribution in [2.24, 2.45) is 0 Å². The minimum absolute atomic E-state index is 0.580. The van der Waals surface area contributed by atoms with Crippen LogP contribution in [0.3, 0.4) is 0 Å². The molecule has 2 rings (SSSR count). The lowest BCUT2D eigenvalue weighted by molar-refractivity contribution is 0.346. The fraction of sp³-hybridized carbons (Fsp3) is 0.636. The monoisotopic (exact) mass is 240 g/mol. The lowest BCUT2D eigenvalue weighted by atomic mass is 10.4. The van der Waals surface area contributed by atoms with Crippen molar-refractivity contribution in [3.05, 3.63) is 17.4 Å². The molecule has 88 valence electrons. The maximum Gasteiger partial charge on any atom is 0.225 e. The Balaban J connectivity index is 1.82. The van der Waals surface area contributed by atoms with Gasteiger partial charge in [-0.25, -0.2) is 9.97 Å². The zero-order valence-corrected chi connectivity index (χ0v) is 10.3. The molecular formula is C11H17ClN4. The normalized spacial score (nSPS) is 16.6. The third-order valence-electron chi connectivity index (χ3n) is 2.90. The fourth-order valence-corrected chi connectivity index (χ4v) is 2.00. The van der Waals surface area contributed by atoms with E-state index in [1.165, 1.54) is 25.9 Å². The highest BCUT2D eigenvalue weighted by Gasteiger charge is 2.12. The lowest BCUT2D eigenvalue weighted by Gasteiger charge is -2.21. The summed E-state index contributed by atoms with van der Waals surface area (Å²) in [5.74, 6) is 0.739. The first kappa shape index (κ1) is 11.6. The maximum atomic E-state index is 5.75. The molecule has 0 aliphatic carbocycles. The molecule has 0 amide bonds. The Morgan fingerprint density at radius 1 is 1.31 bits per heavy atom. The SMILES string of the molecule is CN(CCN1CCCC1)c1ncc(Cl)cn1. The molecule has 16 heavy (non-hydrogen) atoms. The summed E-state index contributed by atoms with van der Waals surface area (Å²) in [5.41, 5.74) is 0. The summed E-state index contributed by atoms with van der Waals surface area (Å²) < 4.78 is 0. The molecule has 0 radical (unpaired) electrons. The summed E-state index contributed by atoms with van der Waals surface area (Å²) in [7, 11) is 2.01. The second kappa shape index (κ2) is 5.46. The van der Waals surface area contributed by atoms with Crippen molar-refractivity contribution < 1.29 is 0 Å². The van der Waals surface area contributed by atoms with E-state index in [-0.39, 0.29) is 0 Å². The van der Waals surface area contributed by atoms with Crippen molar-refractivity contribution in [3.8, 4) is 0 Å². The minimum Gasteiger partial charge on any atom is -0.343 e. The van der Waals surface area contributed by atoms with Gasteiger partial charge in [0, 0.05) is 20.1 Å². The number of likely N-dealkylation sites (N-methyl/N-ethyl adjacent to an activating group) is 1. The van der Waals surface area contributed by atoms with Crippen LogP contribution in [0.1, 0.15) is 12.8 Å². The summed E-state index contributed by atoms with van der Waals surface area (Å²) >= 11 is 5.75. The predicted molar refractivity (Wildman–Crippen MR) is 66.0 cm³/mol. The van der Waals surface area contributed by atoms with Crippen LogP contribution in [0.5, 0.6) is 0 Å². The summed E-state index contributed by atoms with van der Waals surface area (Å²) in [5, 5.41) is 0.580. The third-order valence-corrected chi connectivity index (χ3v) is 3.09. The first-order valence-corrected chi connectivity index (χ1v) is 6.04. The smallest absolute Gasteiger partial charge is 0.225 e. The van der Waals surface area contributed by atoms with E-state index in [1.54, 1.807) is 12.4 Å². The Bertz CT molecular complexity index is 321. The average Bonchev–Trinajstić information content (AvgIpc) is 2.80. The predicted octanol–water partition coefficient (Wildman–Crippen LogP) is 1.66. The van der Waals surface area contributed by atoms with Crippen LogP contribution in [0.25, 0.3) is 0 Å². The number of hydrogen-bond acceptors (Lipinski definition) is 4. The van der Waals surface area contributed by atoms with Crippen molar-refractivity contribution in [1.29, 1.82) is 0 Å². The quantitative estimate of drug-likeness (QED) is 0.802. The largest absolute Gasteiger partial charge is 0.343 e. The van der Waals surface area contributed by atoms with Crippen LogP contribution < -0.4 is 4.90 Å². The van der Waals surface area contributed by atoms with E-state index in [4.69, 9.17) is 11.6 Å². The van der Waals surface area contributed by atoms with E-state index < -0.39 is 0 Å². The number of halogens is 1. The highest BCUT2D eigenvalue weighted by Crippen LogP contribution is 2.10. The van der Waals surface area contributed by atoms with Crippen LogP contribution in [-0.4, -0.2) is 48.1 Å². The summed E-state index contributed by atoms with van der Waals surface area (Å²) in [6.45, 7) is 4.51. The molecule has 1 saturated heterocycles. The second-order valence-electron chi connectivity index (χ2n) is 4.17. The molecule has 0 spiro atoms. The van der Waals surface area contributed by atoms with Crippen molar-refractivity contribution in [1.82, 2.24) is 14.9 Å². The van der Waals surface area contributed by atoms with Gasteiger partial charge in [0.15, 0.2) is 0 Å². The molecule has 0 atom stereocenters. The molecule has 0 aromatic carbocycles. The second-order valence-corrected chi connectivity index (χ2v) is 4.61. The standard InChI is InChI=1S/C11H17ClN4/c1-15(6-7-16-4-2-3-5-16)11-13-8-10(12)9-14-11/h8-9H,2-7H2,1H3. The minimum atomic E-state index is 0.580. The topological polar surface area (TPSA) is 32.3 Å². The Labute approximate surface area is 101 Å². The number of rotatable bonds is 4. The van der Waals surface area contributed by atoms with Crippen LogP contribution in [0, 0.1) is 0 Å². The number of hydrogen-bond donors (Lipinski definition) is 0. The van der Waals surface area contributed by atoms with E-state index in [2.05, 4.69) is 19.8 Å². The van der Waals surface area contributed by atoms with Gasteiger partial charge >= 0.3 is 0 Å². The van der Waals surface area contributed by atoms with Gasteiger partial charge in [-0.2, -0.15) is 0 Å². The van der Waals surface area contributed by atoms with Crippen molar-refractivity contribution >= 4 is 17.5 Å². The van der Waals surface area contributed by atoms with Gasteiger partial charge in [0.1, 0.15) is 0 Å². The molecule has 0 N–H and O–H groups in total. The van der Waals surface area contributed by atoms with Gasteiger partial charge < -0.3 is 9.80 Å². The number of nitrogens with zero attached hydrogens (tertiary/aromatic N) is 4. The summed E-state index contributed by atoms with van der Waals surface area (Å²) in [6, 6.07) is 0. The third kappa shape index (κ3) is 3.06. The lowest BCUT2D eigenvalue weighted by Crippen LogP contribution is -2.32. The van der Waals surface area contributed by atoms with Crippen molar-refractivity contribution in [3.63, 3.8) is 0 Å². The van der Waals surface area contributed by atoms with Crippen LogP contribution in [0.2, 0.25) is 5.02 Å². The maximum absolute atomic E-state index is 5.75. The first-order valence-electron chi connectivity index (χ1n) is 5.67. The van der Waals surface area contributed by atoms with Crippen LogP contribution >= 0.6 is 11.6 Å². The van der Waals surface area contributed by atoms with Gasteiger partial charge in [-0.1, -0.05) is 11.6 Å². The van der Waals surface area contributed by atoms with Crippen LogP contribution in [-0.2, 0) is 0 Å². The van der Waals surface area contributed by atoms with Crippen molar-refractivity contribution in [2.45, 2.75) is 12.8 Å². The van der Waals surface area contributed by atoms with E-state index in [1.807, 2.05) is 7.05 Å². The van der Waals surface area contributed by atoms with Gasteiger partial charge in [0.25, 0.3) is 0 Å². The molecule has 0 unspecified atom stereocenters. The molecule has 0 bridgehead atoms. The van der Waals surface area contributed by atoms with E-state index >= 15 is 0 Å². The van der Waals surface area contributed by atoms with Gasteiger partial charge in [-0.15, -0.1) is 0 Å². The molecule has 5 heteroatoms. The molecule has 1 aliphatic heterocycles. The molecule has 0 saturated carbocycles. The molecule has 1 aliphatic rings. The molecule has 1 aromatic heterocycles. The number of anilines is 1. The molecular weight excluding hydrogens is 224 g/mol. The van der Waals surface area contributed by atoms with Gasteiger partial charge in [0.2, 0.25) is 5.95 Å². The molecule has 2 heterocycles. The molecule has 4 nitrogen and oxygen atoms in total. The Hall–Kier alpha value is -0.870. The van der Waals surface area contributed by atoms with Gasteiger partial charge in [0.05, 0.1) is 17.4 Å². The Morgan fingerprint density at radius 3 is 2.56 bits per heavy atom. The average molecular weight is 241 g/mol. The highest BCUT2D eigenvalue weighted by molar-refractivity contribution is 6.30. The fourth-order valence-electron chi connectivity index (χ4n) is 1.90. The number of aromatic nitrogens is 2. The zero-order chi connectivity index (χ0) is 11.4. The molecule has 1 aromatic rings. The number of likely N-dealkylation sites (tertiary alicyclic amines) is 1. The Kier molecular flexibility index (Phi) is 3.96. The zero-order valence-electron chi connectivity index (χ0n) is 9.56. The molecule has 1 fully saturated rings. The summed E-state index contributed by atoms with van der Waals surface area (Å²) in [6.07, 6.45) is 5.94. The highest BCUT2D eigenvalue weighted by atomic mass is 35.5. The Morgan fingerprint density at radius 2 is 1.94 bits per heavy atom. The van der Waals surface area contributed by atoms with Crippen LogP contribution in [0.4, 0.5) is 5.95 Å². The van der Waals surface area contributed by atoms with Crippen LogP contribution in [0.15, 0.2) is 12.4 Å². The van der Waals surface area contributed by atoms with E-state index in [0.29, 0.717) is 5.02 Å².